The molecule has 0 amide bonds. The Morgan fingerprint density at radius 2 is 2.14 bits per heavy atom. The monoisotopic (exact) mass is 290 g/mol. The van der Waals surface area contributed by atoms with Crippen molar-refractivity contribution in [3.05, 3.63) is 29.8 Å². The van der Waals surface area contributed by atoms with Gasteiger partial charge in [0.15, 0.2) is 0 Å². The van der Waals surface area contributed by atoms with Gasteiger partial charge >= 0.3 is 5.97 Å². The lowest BCUT2D eigenvalue weighted by atomic mass is 9.93. The first-order valence-corrected chi connectivity index (χ1v) is 7.70. The molecule has 2 unspecified atom stereocenters. The normalized spacial score (nSPS) is 19.9. The summed E-state index contributed by atoms with van der Waals surface area (Å²) in [5.74, 6) is 0.849. The van der Waals surface area contributed by atoms with Crippen LogP contribution in [-0.4, -0.2) is 32.2 Å². The van der Waals surface area contributed by atoms with Gasteiger partial charge in [-0.2, -0.15) is 0 Å². The summed E-state index contributed by atoms with van der Waals surface area (Å²) in [7, 11) is 1.42. The Kier molecular flexibility index (Phi) is 5.23. The van der Waals surface area contributed by atoms with E-state index >= 15 is 0 Å². The predicted octanol–water partition coefficient (Wildman–Crippen LogP) is 2.67. The van der Waals surface area contributed by atoms with Crippen LogP contribution in [0.3, 0.4) is 0 Å². The van der Waals surface area contributed by atoms with Crippen LogP contribution >= 0.6 is 0 Å². The third-order valence-electron chi connectivity index (χ3n) is 4.40. The fourth-order valence-electron chi connectivity index (χ4n) is 2.93. The number of hydrogen-bond acceptors (Lipinski definition) is 4. The maximum Gasteiger partial charge on any atom is 0.339 e. The zero-order valence-corrected chi connectivity index (χ0v) is 13.2. The van der Waals surface area contributed by atoms with E-state index in [0.717, 1.165) is 31.6 Å². The van der Waals surface area contributed by atoms with Crippen LogP contribution in [0.4, 0.5) is 5.69 Å². The van der Waals surface area contributed by atoms with Crippen LogP contribution in [0.25, 0.3) is 0 Å². The molecule has 2 rings (SSSR count). The summed E-state index contributed by atoms with van der Waals surface area (Å²) in [4.78, 5) is 14.2. The van der Waals surface area contributed by atoms with Gasteiger partial charge in [0.25, 0.3) is 0 Å². The number of benzene rings is 1. The van der Waals surface area contributed by atoms with E-state index in [2.05, 4.69) is 18.7 Å². The van der Waals surface area contributed by atoms with Gasteiger partial charge < -0.3 is 15.4 Å². The van der Waals surface area contributed by atoms with Gasteiger partial charge in [-0.3, -0.25) is 0 Å². The Morgan fingerprint density at radius 1 is 1.43 bits per heavy atom. The highest BCUT2D eigenvalue weighted by Gasteiger charge is 2.27. The zero-order chi connectivity index (χ0) is 15.4. The van der Waals surface area contributed by atoms with Gasteiger partial charge in [-0.05, 0) is 36.8 Å². The number of nitrogens with zero attached hydrogens (tertiary/aromatic N) is 1. The molecule has 2 N–H and O–H groups in total. The topological polar surface area (TPSA) is 55.6 Å². The van der Waals surface area contributed by atoms with Crippen molar-refractivity contribution in [1.29, 1.82) is 0 Å². The second-order valence-electron chi connectivity index (χ2n) is 6.25. The summed E-state index contributed by atoms with van der Waals surface area (Å²) in [5.41, 5.74) is 7.81. The molecule has 4 nitrogen and oxygen atoms in total. The van der Waals surface area contributed by atoms with Crippen LogP contribution in [0.1, 0.15) is 37.0 Å². The maximum atomic E-state index is 11.9. The molecule has 0 spiro atoms. The van der Waals surface area contributed by atoms with Gasteiger partial charge in [-0.1, -0.05) is 26.0 Å². The third-order valence-corrected chi connectivity index (χ3v) is 4.40. The number of anilines is 1. The third kappa shape index (κ3) is 3.76. The molecule has 1 fully saturated rings. The zero-order valence-electron chi connectivity index (χ0n) is 13.2. The molecule has 1 aliphatic heterocycles. The number of esters is 1. The molecule has 0 saturated carbocycles. The molecule has 0 bridgehead atoms. The molecule has 0 radical (unpaired) electrons. The largest absolute Gasteiger partial charge is 0.465 e. The van der Waals surface area contributed by atoms with E-state index in [9.17, 15) is 4.79 Å². The minimum Gasteiger partial charge on any atom is -0.465 e. The van der Waals surface area contributed by atoms with Crippen molar-refractivity contribution in [3.8, 4) is 0 Å². The van der Waals surface area contributed by atoms with Crippen molar-refractivity contribution in [2.24, 2.45) is 17.6 Å². The van der Waals surface area contributed by atoms with Gasteiger partial charge in [-0.25, -0.2) is 4.79 Å². The highest BCUT2D eigenvalue weighted by atomic mass is 16.5. The number of methoxy groups -OCH3 is 1. The van der Waals surface area contributed by atoms with E-state index in [1.807, 2.05) is 24.3 Å². The summed E-state index contributed by atoms with van der Waals surface area (Å²) in [6.07, 6.45) is 2.19. The van der Waals surface area contributed by atoms with Crippen molar-refractivity contribution in [2.45, 2.75) is 32.7 Å². The van der Waals surface area contributed by atoms with Crippen molar-refractivity contribution < 1.29 is 9.53 Å². The number of rotatable bonds is 5. The Labute approximate surface area is 127 Å². The molecule has 4 heteroatoms. The average Bonchev–Trinajstić information content (AvgIpc) is 2.94. The molecule has 21 heavy (non-hydrogen) atoms. The van der Waals surface area contributed by atoms with Crippen LogP contribution in [0.5, 0.6) is 0 Å². The molecule has 1 heterocycles. The predicted molar refractivity (Wildman–Crippen MR) is 85.5 cm³/mol. The molecule has 1 aliphatic rings. The molecule has 0 aliphatic carbocycles. The van der Waals surface area contributed by atoms with E-state index < -0.39 is 0 Å². The van der Waals surface area contributed by atoms with Crippen LogP contribution in [-0.2, 0) is 4.74 Å². The summed E-state index contributed by atoms with van der Waals surface area (Å²) in [6.45, 7) is 6.28. The fraction of sp³-hybridized carbons (Fsp3) is 0.588. The lowest BCUT2D eigenvalue weighted by Crippen LogP contribution is -2.30. The number of hydrogen-bond donors (Lipinski definition) is 1. The number of carbonyl (C=O) groups excluding carboxylic acids is 1. The lowest BCUT2D eigenvalue weighted by molar-refractivity contribution is 0.0601. The Balaban J connectivity index is 2.06. The number of carbonyl (C=O) groups is 1. The number of ether oxygens (including phenoxy) is 1. The smallest absolute Gasteiger partial charge is 0.339 e. The molecular formula is C17H26N2O2. The first-order chi connectivity index (χ1) is 10.0. The SMILES string of the molecule is COC(=O)c1ccccc1N1CCC(CC(N)C(C)C)C1. The second-order valence-corrected chi connectivity index (χ2v) is 6.25. The van der Waals surface area contributed by atoms with Crippen molar-refractivity contribution in [1.82, 2.24) is 0 Å². The number of nitrogens with two attached hydrogens (primary N) is 1. The van der Waals surface area contributed by atoms with Gasteiger partial charge in [0.1, 0.15) is 0 Å². The van der Waals surface area contributed by atoms with Crippen LogP contribution in [0.15, 0.2) is 24.3 Å². The highest BCUT2D eigenvalue weighted by molar-refractivity contribution is 5.95. The maximum absolute atomic E-state index is 11.9. The Morgan fingerprint density at radius 3 is 2.81 bits per heavy atom. The second kappa shape index (κ2) is 6.94. The van der Waals surface area contributed by atoms with E-state index in [1.165, 1.54) is 7.11 Å². The van der Waals surface area contributed by atoms with Crippen LogP contribution in [0.2, 0.25) is 0 Å². The minimum atomic E-state index is -0.270. The summed E-state index contributed by atoms with van der Waals surface area (Å²) in [5, 5.41) is 0. The van der Waals surface area contributed by atoms with Gasteiger partial charge in [0.05, 0.1) is 18.4 Å². The van der Waals surface area contributed by atoms with Crippen molar-refractivity contribution in [2.75, 3.05) is 25.1 Å². The minimum absolute atomic E-state index is 0.255. The van der Waals surface area contributed by atoms with Gasteiger partial charge in [-0.15, -0.1) is 0 Å². The fourth-order valence-corrected chi connectivity index (χ4v) is 2.93. The van der Waals surface area contributed by atoms with E-state index in [1.54, 1.807) is 0 Å². The van der Waals surface area contributed by atoms with E-state index in [-0.39, 0.29) is 12.0 Å². The van der Waals surface area contributed by atoms with Crippen LogP contribution in [0, 0.1) is 11.8 Å². The first kappa shape index (κ1) is 15.8. The van der Waals surface area contributed by atoms with Crippen molar-refractivity contribution in [3.63, 3.8) is 0 Å². The van der Waals surface area contributed by atoms with E-state index in [0.29, 0.717) is 17.4 Å². The molecule has 1 aromatic rings. The first-order valence-electron chi connectivity index (χ1n) is 7.70. The Hall–Kier alpha value is -1.55. The van der Waals surface area contributed by atoms with Crippen LogP contribution < -0.4 is 10.6 Å². The summed E-state index contributed by atoms with van der Waals surface area (Å²) < 4.78 is 4.87. The van der Waals surface area contributed by atoms with Crippen molar-refractivity contribution >= 4 is 11.7 Å². The standard InChI is InChI=1S/C17H26N2O2/c1-12(2)15(18)10-13-8-9-19(11-13)16-7-5-4-6-14(16)17(20)21-3/h4-7,12-13,15H,8-11,18H2,1-3H3. The quantitative estimate of drug-likeness (QED) is 0.847. The summed E-state index contributed by atoms with van der Waals surface area (Å²) in [6, 6.07) is 7.92. The molecule has 116 valence electrons. The molecule has 0 aromatic heterocycles. The molecule has 2 atom stereocenters. The summed E-state index contributed by atoms with van der Waals surface area (Å²) >= 11 is 0. The van der Waals surface area contributed by atoms with Gasteiger partial charge in [0, 0.05) is 19.1 Å². The molecule has 1 saturated heterocycles. The number of para-hydroxylation sites is 1. The van der Waals surface area contributed by atoms with E-state index in [4.69, 9.17) is 10.5 Å². The Bertz CT molecular complexity index is 487. The van der Waals surface area contributed by atoms with Gasteiger partial charge in [0.2, 0.25) is 0 Å². The average molecular weight is 290 g/mol. The lowest BCUT2D eigenvalue weighted by Gasteiger charge is -2.23. The molecule has 1 aromatic carbocycles. The molecular weight excluding hydrogens is 264 g/mol. The highest BCUT2D eigenvalue weighted by Crippen LogP contribution is 2.30.